The maximum Gasteiger partial charge on any atom is 0.132 e. The number of anilines is 1. The van der Waals surface area contributed by atoms with E-state index in [1.165, 1.54) is 18.2 Å². The normalized spacial score (nSPS) is 10.6. The van der Waals surface area contributed by atoms with Crippen LogP contribution >= 0.6 is 0 Å². The molecule has 0 aliphatic carbocycles. The predicted molar refractivity (Wildman–Crippen MR) is 94.0 cm³/mol. The van der Waals surface area contributed by atoms with Crippen LogP contribution in [0.25, 0.3) is 0 Å². The summed E-state index contributed by atoms with van der Waals surface area (Å²) in [7, 11) is 0. The van der Waals surface area contributed by atoms with E-state index in [4.69, 9.17) is 4.74 Å². The average Bonchev–Trinajstić information content (AvgIpc) is 2.63. The summed E-state index contributed by atoms with van der Waals surface area (Å²) < 4.78 is 45.8. The van der Waals surface area contributed by atoms with E-state index < -0.39 is 17.5 Å². The smallest absolute Gasteiger partial charge is 0.132 e. The second kappa shape index (κ2) is 8.40. The van der Waals surface area contributed by atoms with Crippen LogP contribution in [0.1, 0.15) is 11.1 Å². The fourth-order valence-electron chi connectivity index (χ4n) is 2.37. The lowest BCUT2D eigenvalue weighted by molar-refractivity contribution is 0.294. The van der Waals surface area contributed by atoms with Crippen molar-refractivity contribution in [3.63, 3.8) is 0 Å². The van der Waals surface area contributed by atoms with Crippen LogP contribution in [0.5, 0.6) is 5.75 Å². The second-order valence-corrected chi connectivity index (χ2v) is 5.62. The largest absolute Gasteiger partial charge is 0.488 e. The van der Waals surface area contributed by atoms with Crippen molar-refractivity contribution in [2.45, 2.75) is 13.2 Å². The van der Waals surface area contributed by atoms with Crippen molar-refractivity contribution in [1.82, 2.24) is 5.43 Å². The van der Waals surface area contributed by atoms with Crippen LogP contribution in [0, 0.1) is 17.5 Å². The van der Waals surface area contributed by atoms with Crippen LogP contribution < -0.4 is 15.6 Å². The summed E-state index contributed by atoms with van der Waals surface area (Å²) in [6.07, 6.45) is 0. The van der Waals surface area contributed by atoms with Gasteiger partial charge < -0.3 is 10.2 Å². The van der Waals surface area contributed by atoms with Crippen molar-refractivity contribution in [3.8, 4) is 5.75 Å². The van der Waals surface area contributed by atoms with Gasteiger partial charge in [-0.2, -0.15) is 0 Å². The van der Waals surface area contributed by atoms with E-state index in [0.717, 1.165) is 17.8 Å². The zero-order chi connectivity index (χ0) is 18.4. The van der Waals surface area contributed by atoms with Gasteiger partial charge in [-0.25, -0.2) is 18.6 Å². The van der Waals surface area contributed by atoms with Gasteiger partial charge in [0.25, 0.3) is 0 Å². The third-order valence-corrected chi connectivity index (χ3v) is 3.71. The van der Waals surface area contributed by atoms with Gasteiger partial charge in [0, 0.05) is 35.5 Å². The minimum Gasteiger partial charge on any atom is -0.488 e. The summed E-state index contributed by atoms with van der Waals surface area (Å²) >= 11 is 0. The highest BCUT2D eigenvalue weighted by Gasteiger charge is 2.09. The quantitative estimate of drug-likeness (QED) is 0.595. The van der Waals surface area contributed by atoms with Gasteiger partial charge in [0.1, 0.15) is 29.8 Å². The fraction of sp³-hybridized carbons (Fsp3) is 0.100. The number of para-hydroxylation sites is 1. The van der Waals surface area contributed by atoms with E-state index in [2.05, 4.69) is 10.9 Å². The molecule has 3 nitrogen and oxygen atoms in total. The highest BCUT2D eigenvalue weighted by Crippen LogP contribution is 2.22. The molecular weight excluding hydrogens is 341 g/mol. The van der Waals surface area contributed by atoms with E-state index in [1.54, 1.807) is 6.07 Å². The van der Waals surface area contributed by atoms with E-state index in [0.29, 0.717) is 12.1 Å². The molecule has 0 bridgehead atoms. The first-order valence-corrected chi connectivity index (χ1v) is 8.01. The molecule has 0 heterocycles. The van der Waals surface area contributed by atoms with Crippen LogP contribution in [-0.2, 0) is 13.2 Å². The fourth-order valence-corrected chi connectivity index (χ4v) is 2.37. The van der Waals surface area contributed by atoms with Crippen LogP contribution in [0.3, 0.4) is 0 Å². The Bertz CT molecular complexity index is 872. The second-order valence-electron chi connectivity index (χ2n) is 5.62. The average molecular weight is 358 g/mol. The van der Waals surface area contributed by atoms with Gasteiger partial charge in [-0.15, -0.1) is 0 Å². The summed E-state index contributed by atoms with van der Waals surface area (Å²) in [5, 5.41) is 0. The molecule has 3 rings (SSSR count). The Balaban J connectivity index is 1.65. The lowest BCUT2D eigenvalue weighted by atomic mass is 10.2. The summed E-state index contributed by atoms with van der Waals surface area (Å²) in [6.45, 7) is 0.227. The highest BCUT2D eigenvalue weighted by molar-refractivity contribution is 5.41. The van der Waals surface area contributed by atoms with Gasteiger partial charge in [0.15, 0.2) is 0 Å². The molecule has 0 atom stereocenters. The molecule has 0 aliphatic heterocycles. The summed E-state index contributed by atoms with van der Waals surface area (Å²) in [4.78, 5) is 0. The summed E-state index contributed by atoms with van der Waals surface area (Å²) in [6, 6.07) is 16.9. The van der Waals surface area contributed by atoms with Crippen LogP contribution in [0.2, 0.25) is 0 Å². The van der Waals surface area contributed by atoms with Gasteiger partial charge in [-0.3, -0.25) is 0 Å². The molecule has 134 valence electrons. The number of ether oxygens (including phenoxy) is 1. The minimum absolute atomic E-state index is 0.130. The first-order chi connectivity index (χ1) is 12.6. The van der Waals surface area contributed by atoms with Crippen LogP contribution in [-0.4, -0.2) is 0 Å². The maximum atomic E-state index is 13.7. The number of rotatable bonds is 7. The van der Waals surface area contributed by atoms with Gasteiger partial charge in [-0.05, 0) is 30.3 Å². The third-order valence-electron chi connectivity index (χ3n) is 3.71. The topological polar surface area (TPSA) is 33.3 Å². The van der Waals surface area contributed by atoms with Crippen LogP contribution in [0.4, 0.5) is 18.9 Å². The Morgan fingerprint density at radius 3 is 2.19 bits per heavy atom. The Hall–Kier alpha value is -2.99. The molecule has 3 aromatic carbocycles. The molecule has 0 aliphatic rings. The van der Waals surface area contributed by atoms with Crippen molar-refractivity contribution in [2.24, 2.45) is 0 Å². The molecule has 0 radical (unpaired) electrons. The van der Waals surface area contributed by atoms with Crippen LogP contribution in [0.15, 0.2) is 66.7 Å². The van der Waals surface area contributed by atoms with Gasteiger partial charge in [-0.1, -0.05) is 24.3 Å². The number of hydrogen-bond donors (Lipinski definition) is 2. The molecule has 3 aromatic rings. The van der Waals surface area contributed by atoms with E-state index in [9.17, 15) is 13.2 Å². The zero-order valence-electron chi connectivity index (χ0n) is 13.8. The monoisotopic (exact) mass is 358 g/mol. The maximum absolute atomic E-state index is 13.7. The molecule has 0 saturated carbocycles. The number of hydrogen-bond acceptors (Lipinski definition) is 3. The highest BCUT2D eigenvalue weighted by atomic mass is 19.1. The molecular formula is C20H17F3N2O. The van der Waals surface area contributed by atoms with Gasteiger partial charge >= 0.3 is 0 Å². The lowest BCUT2D eigenvalue weighted by Crippen LogP contribution is -2.21. The number of hydrazine groups is 1. The van der Waals surface area contributed by atoms with Crippen molar-refractivity contribution in [3.05, 3.63) is 95.3 Å². The van der Waals surface area contributed by atoms with E-state index >= 15 is 0 Å². The molecule has 0 amide bonds. The molecule has 0 saturated heterocycles. The van der Waals surface area contributed by atoms with Gasteiger partial charge in [0.05, 0.1) is 0 Å². The Labute approximate surface area is 149 Å². The van der Waals surface area contributed by atoms with Crippen molar-refractivity contribution >= 4 is 5.69 Å². The lowest BCUT2D eigenvalue weighted by Gasteiger charge is -2.14. The molecule has 0 spiro atoms. The van der Waals surface area contributed by atoms with Crippen molar-refractivity contribution in [2.75, 3.05) is 5.43 Å². The number of benzene rings is 3. The van der Waals surface area contributed by atoms with E-state index in [1.807, 2.05) is 30.3 Å². The van der Waals surface area contributed by atoms with Crippen molar-refractivity contribution < 1.29 is 17.9 Å². The summed E-state index contributed by atoms with van der Waals surface area (Å²) in [5.41, 5.74) is 7.81. The molecule has 26 heavy (non-hydrogen) atoms. The summed E-state index contributed by atoms with van der Waals surface area (Å²) in [5.74, 6) is -1.53. The Morgan fingerprint density at radius 1 is 0.769 bits per heavy atom. The predicted octanol–water partition coefficient (Wildman–Crippen LogP) is 4.80. The SMILES string of the molecule is Fc1ccc(COc2cc(F)ccc2CNNc2ccccc2)c(F)c1. The van der Waals surface area contributed by atoms with E-state index in [-0.39, 0.29) is 17.9 Å². The van der Waals surface area contributed by atoms with Gasteiger partial charge in [0.2, 0.25) is 0 Å². The van der Waals surface area contributed by atoms with Crippen molar-refractivity contribution in [1.29, 1.82) is 0 Å². The molecule has 0 fully saturated rings. The minimum atomic E-state index is -0.702. The number of halogens is 3. The zero-order valence-corrected chi connectivity index (χ0v) is 13.8. The number of nitrogens with one attached hydrogen (secondary N) is 2. The molecule has 6 heteroatoms. The Kier molecular flexibility index (Phi) is 5.76. The molecule has 0 aromatic heterocycles. The first-order valence-electron chi connectivity index (χ1n) is 8.01. The third kappa shape index (κ3) is 4.77. The molecule has 0 unspecified atom stereocenters. The Morgan fingerprint density at radius 2 is 1.46 bits per heavy atom. The standard InChI is InChI=1S/C20H17F3N2O/c21-16-9-7-15(19(23)10-16)13-26-20-11-17(22)8-6-14(20)12-24-25-18-4-2-1-3-5-18/h1-11,24-25H,12-13H2. The molecule has 2 N–H and O–H groups in total. The first kappa shape index (κ1) is 17.8.